The van der Waals surface area contributed by atoms with Crippen molar-refractivity contribution in [3.8, 4) is 0 Å². The SMILES string of the molecule is C[N+](C)(C)CC(CCCCCCC1CCCCC1)OP(=O)([O-])O. The number of hydrogen-bond donors (Lipinski definition) is 1. The summed E-state index contributed by atoms with van der Waals surface area (Å²) in [6, 6.07) is 0. The predicted molar refractivity (Wildman–Crippen MR) is 91.9 cm³/mol. The number of hydrogen-bond acceptors (Lipinski definition) is 3. The summed E-state index contributed by atoms with van der Waals surface area (Å²) in [4.78, 5) is 19.9. The number of unbranched alkanes of at least 4 members (excludes halogenated alkanes) is 3. The Morgan fingerprint density at radius 3 is 2.30 bits per heavy atom. The van der Waals surface area contributed by atoms with Gasteiger partial charge in [0.25, 0.3) is 7.82 Å². The monoisotopic (exact) mass is 349 g/mol. The summed E-state index contributed by atoms with van der Waals surface area (Å²) in [5.41, 5.74) is 0. The molecule has 0 aromatic rings. The van der Waals surface area contributed by atoms with Gasteiger partial charge in [-0.15, -0.1) is 0 Å². The summed E-state index contributed by atoms with van der Waals surface area (Å²) in [6.07, 6.45) is 13.2. The van der Waals surface area contributed by atoms with E-state index in [-0.39, 0.29) is 0 Å². The van der Waals surface area contributed by atoms with Crippen molar-refractivity contribution in [2.24, 2.45) is 5.92 Å². The van der Waals surface area contributed by atoms with Crippen molar-refractivity contribution in [1.29, 1.82) is 0 Å². The van der Waals surface area contributed by atoms with E-state index in [9.17, 15) is 9.46 Å². The molecule has 2 unspecified atom stereocenters. The maximum Gasteiger partial charge on any atom is 0.265 e. The van der Waals surface area contributed by atoms with Crippen LogP contribution in [-0.2, 0) is 9.09 Å². The van der Waals surface area contributed by atoms with Gasteiger partial charge < -0.3 is 18.8 Å². The predicted octanol–water partition coefficient (Wildman–Crippen LogP) is 3.46. The van der Waals surface area contributed by atoms with Gasteiger partial charge in [0, 0.05) is 0 Å². The van der Waals surface area contributed by atoms with E-state index < -0.39 is 13.9 Å². The molecule has 0 spiro atoms. The highest BCUT2D eigenvalue weighted by atomic mass is 31.2. The Hall–Kier alpha value is 0.0700. The molecular weight excluding hydrogens is 313 g/mol. The van der Waals surface area contributed by atoms with Crippen LogP contribution in [0.3, 0.4) is 0 Å². The van der Waals surface area contributed by atoms with Crippen LogP contribution in [0.5, 0.6) is 0 Å². The fourth-order valence-electron chi connectivity index (χ4n) is 3.61. The van der Waals surface area contributed by atoms with Gasteiger partial charge in [-0.3, -0.25) is 4.57 Å². The van der Waals surface area contributed by atoms with Crippen molar-refractivity contribution in [3.63, 3.8) is 0 Å². The van der Waals surface area contributed by atoms with Crippen LogP contribution in [0.4, 0.5) is 0 Å². The van der Waals surface area contributed by atoms with E-state index >= 15 is 0 Å². The molecule has 0 aromatic carbocycles. The zero-order valence-electron chi connectivity index (χ0n) is 15.2. The number of rotatable bonds is 11. The molecule has 0 radical (unpaired) electrons. The molecule has 0 aromatic heterocycles. The Bertz CT molecular complexity index is 358. The van der Waals surface area contributed by atoms with E-state index in [0.29, 0.717) is 17.4 Å². The van der Waals surface area contributed by atoms with E-state index in [2.05, 4.69) is 0 Å². The minimum Gasteiger partial charge on any atom is -0.756 e. The minimum absolute atomic E-state index is 0.429. The van der Waals surface area contributed by atoms with Crippen LogP contribution in [0, 0.1) is 5.92 Å². The lowest BCUT2D eigenvalue weighted by atomic mass is 9.85. The maximum atomic E-state index is 11.0. The first-order chi connectivity index (χ1) is 10.7. The summed E-state index contributed by atoms with van der Waals surface area (Å²) in [6.45, 7) is 0.578. The molecule has 0 aliphatic heterocycles. The van der Waals surface area contributed by atoms with E-state index in [0.717, 1.165) is 18.8 Å². The lowest BCUT2D eigenvalue weighted by molar-refractivity contribution is -0.873. The molecule has 0 bridgehead atoms. The van der Waals surface area contributed by atoms with Gasteiger partial charge in [0.2, 0.25) is 0 Å². The first-order valence-corrected chi connectivity index (χ1v) is 10.7. The van der Waals surface area contributed by atoms with E-state index in [4.69, 9.17) is 9.42 Å². The molecule has 1 aliphatic carbocycles. The first-order valence-electron chi connectivity index (χ1n) is 9.18. The van der Waals surface area contributed by atoms with Crippen molar-refractivity contribution in [2.45, 2.75) is 76.7 Å². The van der Waals surface area contributed by atoms with E-state index in [1.54, 1.807) is 0 Å². The highest BCUT2D eigenvalue weighted by molar-refractivity contribution is 7.44. The van der Waals surface area contributed by atoms with Crippen LogP contribution in [-0.4, -0.2) is 43.2 Å². The minimum atomic E-state index is -4.65. The third kappa shape index (κ3) is 12.1. The van der Waals surface area contributed by atoms with Crippen LogP contribution in [0.1, 0.15) is 70.6 Å². The lowest BCUT2D eigenvalue weighted by Crippen LogP contribution is -2.42. The highest BCUT2D eigenvalue weighted by Crippen LogP contribution is 2.34. The largest absolute Gasteiger partial charge is 0.756 e. The second-order valence-electron chi connectivity index (χ2n) is 8.16. The van der Waals surface area contributed by atoms with Gasteiger partial charge in [-0.25, -0.2) is 0 Å². The topological polar surface area (TPSA) is 69.6 Å². The van der Waals surface area contributed by atoms with Crippen LogP contribution in [0.25, 0.3) is 0 Å². The quantitative estimate of drug-likeness (QED) is 0.352. The van der Waals surface area contributed by atoms with Crippen LogP contribution >= 0.6 is 7.82 Å². The van der Waals surface area contributed by atoms with Gasteiger partial charge in [-0.05, 0) is 12.3 Å². The summed E-state index contributed by atoms with van der Waals surface area (Å²) in [5, 5.41) is 0. The molecule has 1 fully saturated rings. The van der Waals surface area contributed by atoms with E-state index in [1.165, 1.54) is 51.4 Å². The molecule has 138 valence electrons. The average molecular weight is 349 g/mol. The highest BCUT2D eigenvalue weighted by Gasteiger charge is 2.22. The molecule has 5 nitrogen and oxygen atoms in total. The number of phosphoric acid groups is 1. The van der Waals surface area contributed by atoms with Gasteiger partial charge in [0.1, 0.15) is 12.6 Å². The Morgan fingerprint density at radius 1 is 1.13 bits per heavy atom. The zero-order valence-corrected chi connectivity index (χ0v) is 16.1. The van der Waals surface area contributed by atoms with Gasteiger partial charge >= 0.3 is 0 Å². The Balaban J connectivity index is 2.17. The molecule has 0 heterocycles. The Morgan fingerprint density at radius 2 is 1.74 bits per heavy atom. The molecule has 1 rings (SSSR count). The van der Waals surface area contributed by atoms with Crippen molar-refractivity contribution < 1.29 is 23.4 Å². The normalized spacial score (nSPS) is 21.1. The number of nitrogens with zero attached hydrogens (tertiary/aromatic N) is 1. The Kier molecular flexibility index (Phi) is 9.32. The molecular formula is C17H36NO4P. The number of phosphoric ester groups is 1. The second kappa shape index (κ2) is 10.1. The van der Waals surface area contributed by atoms with Gasteiger partial charge in [0.05, 0.1) is 21.1 Å². The van der Waals surface area contributed by atoms with Gasteiger partial charge in [-0.1, -0.05) is 64.2 Å². The van der Waals surface area contributed by atoms with Gasteiger partial charge in [0.15, 0.2) is 0 Å². The summed E-state index contributed by atoms with van der Waals surface area (Å²) in [7, 11) is 1.33. The third-order valence-electron chi connectivity index (χ3n) is 4.65. The van der Waals surface area contributed by atoms with Gasteiger partial charge in [-0.2, -0.15) is 0 Å². The second-order valence-corrected chi connectivity index (χ2v) is 9.31. The molecule has 0 saturated heterocycles. The number of quaternary nitrogens is 1. The molecule has 1 N–H and O–H groups in total. The Labute approximate surface area is 142 Å². The van der Waals surface area contributed by atoms with Crippen LogP contribution < -0.4 is 4.89 Å². The molecule has 2 atom stereocenters. The smallest absolute Gasteiger partial charge is 0.265 e. The standard InChI is InChI=1S/C17H36NO4P/c1-18(2,3)15-17(22-23(19,20)21)14-10-5-4-7-11-16-12-8-6-9-13-16/h16-17H,4-15H2,1-3H3,(H-,19,20,21). The zero-order chi connectivity index (χ0) is 17.3. The average Bonchev–Trinajstić information content (AvgIpc) is 2.40. The number of likely N-dealkylation sites (N-methyl/N-ethyl adjacent to an activating group) is 1. The molecule has 23 heavy (non-hydrogen) atoms. The van der Waals surface area contributed by atoms with E-state index in [1.807, 2.05) is 21.1 Å². The lowest BCUT2D eigenvalue weighted by Gasteiger charge is -2.31. The van der Waals surface area contributed by atoms with Crippen molar-refractivity contribution in [1.82, 2.24) is 0 Å². The fraction of sp³-hybridized carbons (Fsp3) is 1.00. The fourth-order valence-corrected chi connectivity index (χ4v) is 4.16. The van der Waals surface area contributed by atoms with Crippen molar-refractivity contribution in [2.75, 3.05) is 27.7 Å². The van der Waals surface area contributed by atoms with Crippen LogP contribution in [0.2, 0.25) is 0 Å². The van der Waals surface area contributed by atoms with Crippen molar-refractivity contribution in [3.05, 3.63) is 0 Å². The first kappa shape index (κ1) is 21.1. The summed E-state index contributed by atoms with van der Waals surface area (Å²) in [5.74, 6) is 0.943. The molecule has 0 amide bonds. The van der Waals surface area contributed by atoms with Crippen molar-refractivity contribution >= 4 is 7.82 Å². The summed E-state index contributed by atoms with van der Waals surface area (Å²) < 4.78 is 16.5. The van der Waals surface area contributed by atoms with Crippen LogP contribution in [0.15, 0.2) is 0 Å². The summed E-state index contributed by atoms with van der Waals surface area (Å²) >= 11 is 0. The molecule has 1 aliphatic rings. The third-order valence-corrected chi connectivity index (χ3v) is 5.21. The maximum absolute atomic E-state index is 11.0. The molecule has 6 heteroatoms. The molecule has 1 saturated carbocycles.